The number of anilines is 2. The summed E-state index contributed by atoms with van der Waals surface area (Å²) in [4.78, 5) is 12.0. The van der Waals surface area contributed by atoms with E-state index in [-0.39, 0.29) is 6.03 Å². The lowest BCUT2D eigenvalue weighted by Crippen LogP contribution is -2.19. The molecular formula is C18H17BrN4O. The molecule has 0 aliphatic carbocycles. The molecule has 122 valence electrons. The number of halogens is 1. The number of aryl methyl sites for hydroxylation is 1. The van der Waals surface area contributed by atoms with Crippen LogP contribution < -0.4 is 10.6 Å². The van der Waals surface area contributed by atoms with Crippen LogP contribution in [0.25, 0.3) is 0 Å². The summed E-state index contributed by atoms with van der Waals surface area (Å²) in [5, 5.41) is 9.84. The minimum Gasteiger partial charge on any atom is -0.308 e. The molecule has 1 aromatic heterocycles. The van der Waals surface area contributed by atoms with Gasteiger partial charge in [0.2, 0.25) is 0 Å². The second kappa shape index (κ2) is 7.31. The van der Waals surface area contributed by atoms with Crippen LogP contribution in [0.2, 0.25) is 0 Å². The van der Waals surface area contributed by atoms with Gasteiger partial charge in [0, 0.05) is 16.4 Å². The second-order valence-electron chi connectivity index (χ2n) is 5.50. The van der Waals surface area contributed by atoms with E-state index in [1.807, 2.05) is 55.5 Å². The molecule has 2 amide bonds. The van der Waals surface area contributed by atoms with Crippen LogP contribution in [0, 0.1) is 6.92 Å². The van der Waals surface area contributed by atoms with Crippen LogP contribution in [0.3, 0.4) is 0 Å². The second-order valence-corrected chi connectivity index (χ2v) is 6.41. The number of hydrogen-bond donors (Lipinski definition) is 2. The first-order chi connectivity index (χ1) is 11.6. The largest absolute Gasteiger partial charge is 0.323 e. The number of nitrogens with one attached hydrogen (secondary N) is 2. The van der Waals surface area contributed by atoms with Crippen LogP contribution in [-0.2, 0) is 6.54 Å². The first kappa shape index (κ1) is 16.3. The van der Waals surface area contributed by atoms with Crippen molar-refractivity contribution in [3.05, 3.63) is 76.5 Å². The average molecular weight is 385 g/mol. The number of hydrogen-bond acceptors (Lipinski definition) is 2. The van der Waals surface area contributed by atoms with E-state index in [1.54, 1.807) is 17.1 Å². The fraction of sp³-hybridized carbons (Fsp3) is 0.111. The standard InChI is InChI=1S/C18H17BrN4O/c1-13-2-8-16(9-3-13)21-18(24)22-17-10-20-23(12-17)11-14-4-6-15(19)7-5-14/h2-10,12H,11H2,1H3,(H2,21,22,24). The Morgan fingerprint density at radius 2 is 1.71 bits per heavy atom. The van der Waals surface area contributed by atoms with Crippen molar-refractivity contribution in [2.75, 3.05) is 10.6 Å². The maximum Gasteiger partial charge on any atom is 0.323 e. The van der Waals surface area contributed by atoms with Gasteiger partial charge < -0.3 is 10.6 Å². The molecule has 0 aliphatic rings. The lowest BCUT2D eigenvalue weighted by atomic mass is 10.2. The van der Waals surface area contributed by atoms with E-state index in [9.17, 15) is 4.79 Å². The van der Waals surface area contributed by atoms with E-state index < -0.39 is 0 Å². The summed E-state index contributed by atoms with van der Waals surface area (Å²) in [7, 11) is 0. The Labute approximate surface area is 148 Å². The van der Waals surface area contributed by atoms with Crippen molar-refractivity contribution in [2.45, 2.75) is 13.5 Å². The zero-order valence-corrected chi connectivity index (χ0v) is 14.7. The summed E-state index contributed by atoms with van der Waals surface area (Å²) < 4.78 is 2.83. The summed E-state index contributed by atoms with van der Waals surface area (Å²) in [6, 6.07) is 15.4. The molecule has 0 saturated heterocycles. The maximum absolute atomic E-state index is 12.0. The highest BCUT2D eigenvalue weighted by Crippen LogP contribution is 2.13. The summed E-state index contributed by atoms with van der Waals surface area (Å²) in [6.07, 6.45) is 3.43. The average Bonchev–Trinajstić information content (AvgIpc) is 2.99. The molecule has 24 heavy (non-hydrogen) atoms. The molecular weight excluding hydrogens is 368 g/mol. The molecule has 1 heterocycles. The molecule has 0 aliphatic heterocycles. The van der Waals surface area contributed by atoms with Gasteiger partial charge in [-0.25, -0.2) is 4.79 Å². The quantitative estimate of drug-likeness (QED) is 0.687. The number of aromatic nitrogens is 2. The molecule has 0 saturated carbocycles. The molecule has 0 unspecified atom stereocenters. The van der Waals surface area contributed by atoms with Gasteiger partial charge in [-0.15, -0.1) is 0 Å². The number of nitrogens with zero attached hydrogens (tertiary/aromatic N) is 2. The van der Waals surface area contributed by atoms with Crippen LogP contribution in [0.4, 0.5) is 16.2 Å². The van der Waals surface area contributed by atoms with Crippen molar-refractivity contribution in [2.24, 2.45) is 0 Å². The molecule has 0 fully saturated rings. The monoisotopic (exact) mass is 384 g/mol. The van der Waals surface area contributed by atoms with Crippen molar-refractivity contribution < 1.29 is 4.79 Å². The first-order valence-corrected chi connectivity index (χ1v) is 8.29. The lowest BCUT2D eigenvalue weighted by molar-refractivity contribution is 0.262. The molecule has 2 aromatic carbocycles. The Kier molecular flexibility index (Phi) is 4.96. The van der Waals surface area contributed by atoms with Crippen LogP contribution >= 0.6 is 15.9 Å². The molecule has 5 nitrogen and oxygen atoms in total. The normalized spacial score (nSPS) is 10.4. The van der Waals surface area contributed by atoms with E-state index in [2.05, 4.69) is 31.7 Å². The Balaban J connectivity index is 1.58. The minimum atomic E-state index is -0.290. The molecule has 3 aromatic rings. The zero-order valence-electron chi connectivity index (χ0n) is 13.2. The molecule has 3 rings (SSSR count). The summed E-state index contributed by atoms with van der Waals surface area (Å²) in [5.74, 6) is 0. The number of benzene rings is 2. The summed E-state index contributed by atoms with van der Waals surface area (Å²) in [5.41, 5.74) is 3.68. The van der Waals surface area contributed by atoms with Crippen molar-refractivity contribution in [1.29, 1.82) is 0 Å². The Hall–Kier alpha value is -2.60. The number of carbonyl (C=O) groups is 1. The fourth-order valence-electron chi connectivity index (χ4n) is 2.22. The van der Waals surface area contributed by atoms with E-state index in [0.717, 1.165) is 21.3 Å². The maximum atomic E-state index is 12.0. The van der Waals surface area contributed by atoms with Gasteiger partial charge in [-0.3, -0.25) is 4.68 Å². The van der Waals surface area contributed by atoms with Gasteiger partial charge in [0.1, 0.15) is 0 Å². The number of amides is 2. The van der Waals surface area contributed by atoms with Gasteiger partial charge in [-0.2, -0.15) is 5.10 Å². The van der Waals surface area contributed by atoms with E-state index in [0.29, 0.717) is 12.2 Å². The Morgan fingerprint density at radius 3 is 2.42 bits per heavy atom. The number of rotatable bonds is 4. The third-order valence-corrected chi connectivity index (χ3v) is 3.99. The molecule has 6 heteroatoms. The van der Waals surface area contributed by atoms with Crippen molar-refractivity contribution in [3.63, 3.8) is 0 Å². The van der Waals surface area contributed by atoms with Gasteiger partial charge in [0.15, 0.2) is 0 Å². The lowest BCUT2D eigenvalue weighted by Gasteiger charge is -2.06. The van der Waals surface area contributed by atoms with Crippen molar-refractivity contribution >= 4 is 33.3 Å². The SMILES string of the molecule is Cc1ccc(NC(=O)Nc2cnn(Cc3ccc(Br)cc3)c2)cc1. The fourth-order valence-corrected chi connectivity index (χ4v) is 2.49. The number of carbonyl (C=O) groups excluding carboxylic acids is 1. The highest BCUT2D eigenvalue weighted by atomic mass is 79.9. The van der Waals surface area contributed by atoms with Crippen LogP contribution in [0.5, 0.6) is 0 Å². The molecule has 0 bridgehead atoms. The highest BCUT2D eigenvalue weighted by Gasteiger charge is 2.05. The summed E-state index contributed by atoms with van der Waals surface area (Å²) in [6.45, 7) is 2.65. The smallest absolute Gasteiger partial charge is 0.308 e. The molecule has 0 atom stereocenters. The first-order valence-electron chi connectivity index (χ1n) is 7.50. The Morgan fingerprint density at radius 1 is 1.04 bits per heavy atom. The van der Waals surface area contributed by atoms with Crippen molar-refractivity contribution in [3.8, 4) is 0 Å². The van der Waals surface area contributed by atoms with Gasteiger partial charge in [0.05, 0.1) is 18.4 Å². The van der Waals surface area contributed by atoms with Crippen LogP contribution in [0.1, 0.15) is 11.1 Å². The summed E-state index contributed by atoms with van der Waals surface area (Å²) >= 11 is 3.42. The van der Waals surface area contributed by atoms with E-state index in [4.69, 9.17) is 0 Å². The van der Waals surface area contributed by atoms with E-state index in [1.165, 1.54) is 0 Å². The molecule has 0 spiro atoms. The van der Waals surface area contributed by atoms with Gasteiger partial charge in [0.25, 0.3) is 0 Å². The zero-order chi connectivity index (χ0) is 16.9. The molecule has 2 N–H and O–H groups in total. The van der Waals surface area contributed by atoms with Gasteiger partial charge in [-0.05, 0) is 36.8 Å². The van der Waals surface area contributed by atoms with E-state index >= 15 is 0 Å². The molecule has 0 radical (unpaired) electrons. The van der Waals surface area contributed by atoms with Crippen LogP contribution in [0.15, 0.2) is 65.4 Å². The van der Waals surface area contributed by atoms with Gasteiger partial charge in [-0.1, -0.05) is 45.8 Å². The Bertz CT molecular complexity index is 825. The van der Waals surface area contributed by atoms with Gasteiger partial charge >= 0.3 is 6.03 Å². The predicted molar refractivity (Wildman–Crippen MR) is 99.3 cm³/mol. The van der Waals surface area contributed by atoms with Crippen molar-refractivity contribution in [1.82, 2.24) is 9.78 Å². The number of urea groups is 1. The predicted octanol–water partition coefficient (Wildman–Crippen LogP) is 4.65. The third-order valence-electron chi connectivity index (χ3n) is 3.46. The van der Waals surface area contributed by atoms with Crippen LogP contribution in [-0.4, -0.2) is 15.8 Å². The highest BCUT2D eigenvalue weighted by molar-refractivity contribution is 9.10. The topological polar surface area (TPSA) is 59.0 Å². The third kappa shape index (κ3) is 4.45. The minimum absolute atomic E-state index is 0.290.